The Morgan fingerprint density at radius 1 is 1.21 bits per heavy atom. The summed E-state index contributed by atoms with van der Waals surface area (Å²) >= 11 is 0. The highest BCUT2D eigenvalue weighted by Crippen LogP contribution is 2.25. The number of amides is 3. The van der Waals surface area contributed by atoms with E-state index < -0.39 is 11.9 Å². The van der Waals surface area contributed by atoms with Gasteiger partial charge in [-0.1, -0.05) is 0 Å². The van der Waals surface area contributed by atoms with E-state index in [4.69, 9.17) is 9.47 Å². The molecule has 0 bridgehead atoms. The van der Waals surface area contributed by atoms with Crippen molar-refractivity contribution in [2.75, 3.05) is 26.8 Å². The molecule has 0 unspecified atom stereocenters. The van der Waals surface area contributed by atoms with Gasteiger partial charge in [0.1, 0.15) is 29.8 Å². The monoisotopic (exact) mass is 466 g/mol. The van der Waals surface area contributed by atoms with Crippen molar-refractivity contribution >= 4 is 23.4 Å². The van der Waals surface area contributed by atoms with Gasteiger partial charge >= 0.3 is 0 Å². The van der Waals surface area contributed by atoms with Gasteiger partial charge in [0, 0.05) is 18.8 Å². The van der Waals surface area contributed by atoms with E-state index in [1.54, 1.807) is 36.5 Å². The summed E-state index contributed by atoms with van der Waals surface area (Å²) in [4.78, 5) is 42.5. The highest BCUT2D eigenvalue weighted by atomic mass is 16.5. The first-order valence-corrected chi connectivity index (χ1v) is 11.0. The smallest absolute Gasteiger partial charge is 0.272 e. The summed E-state index contributed by atoms with van der Waals surface area (Å²) in [6, 6.07) is 7.68. The average molecular weight is 466 g/mol. The first-order chi connectivity index (χ1) is 16.6. The molecule has 11 heteroatoms. The first kappa shape index (κ1) is 23.0. The maximum Gasteiger partial charge on any atom is 0.272 e. The summed E-state index contributed by atoms with van der Waals surface area (Å²) in [6.07, 6.45) is 4.65. The van der Waals surface area contributed by atoms with Crippen LogP contribution in [0.5, 0.6) is 11.5 Å². The van der Waals surface area contributed by atoms with Gasteiger partial charge < -0.3 is 25.4 Å². The largest absolute Gasteiger partial charge is 0.497 e. The van der Waals surface area contributed by atoms with Crippen LogP contribution in [0.1, 0.15) is 40.1 Å². The van der Waals surface area contributed by atoms with Crippen LogP contribution in [0, 0.1) is 0 Å². The molecule has 0 aliphatic carbocycles. The standard InChI is InChI=1S/C23H26N6O5/c1-33-15-7-8-16-19(13-15)34-12-11-25-22(31)17(5-2-3-9-24-21(16)30)28-23(32)18-14-26-20-6-4-10-27-29(18)20/h4,6-8,10,13-14,17H,2-3,5,9,11-12H2,1H3,(H,24,30)(H,25,31)(H,28,32)/t17-/m0/s1. The van der Waals surface area contributed by atoms with Gasteiger partial charge in [-0.2, -0.15) is 5.10 Å². The van der Waals surface area contributed by atoms with Crippen molar-refractivity contribution in [2.45, 2.75) is 25.3 Å². The molecule has 0 fully saturated rings. The molecule has 0 spiro atoms. The van der Waals surface area contributed by atoms with Crippen LogP contribution >= 0.6 is 0 Å². The molecule has 178 valence electrons. The van der Waals surface area contributed by atoms with Gasteiger partial charge in [0.05, 0.1) is 25.4 Å². The van der Waals surface area contributed by atoms with Crippen molar-refractivity contribution in [3.8, 4) is 11.5 Å². The van der Waals surface area contributed by atoms with Crippen molar-refractivity contribution in [3.05, 3.63) is 54.0 Å². The molecule has 3 amide bonds. The fraction of sp³-hybridized carbons (Fsp3) is 0.348. The number of aromatic nitrogens is 3. The molecule has 0 saturated heterocycles. The molecule has 34 heavy (non-hydrogen) atoms. The third-order valence-electron chi connectivity index (χ3n) is 5.43. The van der Waals surface area contributed by atoms with E-state index in [9.17, 15) is 14.4 Å². The predicted octanol–water partition coefficient (Wildman–Crippen LogP) is 0.945. The van der Waals surface area contributed by atoms with Crippen molar-refractivity contribution in [1.29, 1.82) is 0 Å². The second kappa shape index (κ2) is 10.6. The predicted molar refractivity (Wildman–Crippen MR) is 122 cm³/mol. The van der Waals surface area contributed by atoms with E-state index in [-0.39, 0.29) is 30.7 Å². The van der Waals surface area contributed by atoms with E-state index in [1.165, 1.54) is 17.8 Å². The fourth-order valence-corrected chi connectivity index (χ4v) is 3.65. The number of hydrogen-bond acceptors (Lipinski definition) is 7. The van der Waals surface area contributed by atoms with Gasteiger partial charge in [0.15, 0.2) is 5.65 Å². The van der Waals surface area contributed by atoms with Crippen LogP contribution in [0.15, 0.2) is 42.7 Å². The lowest BCUT2D eigenvalue weighted by Crippen LogP contribution is -2.48. The summed E-state index contributed by atoms with van der Waals surface area (Å²) in [6.45, 7) is 0.751. The maximum absolute atomic E-state index is 12.9. The second-order valence-electron chi connectivity index (χ2n) is 7.72. The number of imidazole rings is 1. The summed E-state index contributed by atoms with van der Waals surface area (Å²) in [7, 11) is 1.53. The number of fused-ring (bicyclic) bond motifs is 2. The topological polar surface area (TPSA) is 136 Å². The van der Waals surface area contributed by atoms with E-state index >= 15 is 0 Å². The van der Waals surface area contributed by atoms with Gasteiger partial charge in [0.2, 0.25) is 5.91 Å². The van der Waals surface area contributed by atoms with Gasteiger partial charge in [-0.25, -0.2) is 9.50 Å². The quantitative estimate of drug-likeness (QED) is 0.523. The minimum Gasteiger partial charge on any atom is -0.497 e. The highest BCUT2D eigenvalue weighted by molar-refractivity contribution is 5.97. The van der Waals surface area contributed by atoms with E-state index in [2.05, 4.69) is 26.0 Å². The first-order valence-electron chi connectivity index (χ1n) is 11.0. The maximum atomic E-state index is 12.9. The second-order valence-corrected chi connectivity index (χ2v) is 7.72. The zero-order chi connectivity index (χ0) is 23.9. The number of carbonyl (C=O) groups is 3. The Labute approximate surface area is 195 Å². The highest BCUT2D eigenvalue weighted by Gasteiger charge is 2.23. The zero-order valence-electron chi connectivity index (χ0n) is 18.7. The lowest BCUT2D eigenvalue weighted by Gasteiger charge is -2.19. The number of rotatable bonds is 3. The number of nitrogens with one attached hydrogen (secondary N) is 3. The molecule has 1 atom stereocenters. The minimum atomic E-state index is -0.757. The summed E-state index contributed by atoms with van der Waals surface area (Å²) < 4.78 is 12.4. The third kappa shape index (κ3) is 5.25. The van der Waals surface area contributed by atoms with Crippen LogP contribution in [-0.4, -0.2) is 65.2 Å². The van der Waals surface area contributed by atoms with Crippen molar-refractivity contribution < 1.29 is 23.9 Å². The van der Waals surface area contributed by atoms with E-state index in [0.29, 0.717) is 48.5 Å². The number of nitrogens with zero attached hydrogens (tertiary/aromatic N) is 3. The minimum absolute atomic E-state index is 0.136. The Kier molecular flexibility index (Phi) is 7.21. The molecule has 0 radical (unpaired) electrons. The third-order valence-corrected chi connectivity index (χ3v) is 5.43. The van der Waals surface area contributed by atoms with Gasteiger partial charge in [-0.05, 0) is 43.5 Å². The summed E-state index contributed by atoms with van der Waals surface area (Å²) in [5, 5.41) is 12.6. The molecule has 3 heterocycles. The lowest BCUT2D eigenvalue weighted by atomic mass is 10.1. The van der Waals surface area contributed by atoms with E-state index in [0.717, 1.165) is 0 Å². The molecule has 2 aromatic heterocycles. The van der Waals surface area contributed by atoms with Gasteiger partial charge in [-0.15, -0.1) is 0 Å². The molecular weight excluding hydrogens is 440 g/mol. The summed E-state index contributed by atoms with van der Waals surface area (Å²) in [5.41, 5.74) is 1.17. The SMILES string of the molecule is COc1ccc2c(c1)OCCNC(=O)[C@@H](NC(=O)c1cnc3cccnn13)CCCCNC2=O. The summed E-state index contributed by atoms with van der Waals surface area (Å²) in [5.74, 6) is -0.0815. The van der Waals surface area contributed by atoms with Crippen molar-refractivity contribution in [3.63, 3.8) is 0 Å². The molecule has 3 aromatic rings. The molecular formula is C23H26N6O5. The Bertz CT molecular complexity index is 1190. The Balaban J connectivity index is 1.45. The van der Waals surface area contributed by atoms with Crippen molar-refractivity contribution in [2.24, 2.45) is 0 Å². The number of hydrogen-bond donors (Lipinski definition) is 3. The van der Waals surface area contributed by atoms with Crippen LogP contribution in [0.2, 0.25) is 0 Å². The Hall–Kier alpha value is -4.15. The Morgan fingerprint density at radius 2 is 2.09 bits per heavy atom. The Morgan fingerprint density at radius 3 is 2.94 bits per heavy atom. The normalized spacial score (nSPS) is 17.5. The number of carbonyl (C=O) groups excluding carboxylic acids is 3. The molecule has 0 saturated carbocycles. The average Bonchev–Trinajstić information content (AvgIpc) is 3.29. The number of ether oxygens (including phenoxy) is 2. The van der Waals surface area contributed by atoms with Gasteiger partial charge in [-0.3, -0.25) is 14.4 Å². The number of methoxy groups -OCH3 is 1. The molecule has 1 aromatic carbocycles. The van der Waals surface area contributed by atoms with E-state index in [1.807, 2.05) is 0 Å². The molecule has 4 rings (SSSR count). The molecule has 3 N–H and O–H groups in total. The molecule has 1 aliphatic rings. The lowest BCUT2D eigenvalue weighted by molar-refractivity contribution is -0.123. The molecule has 1 aliphatic heterocycles. The van der Waals surface area contributed by atoms with Crippen molar-refractivity contribution in [1.82, 2.24) is 30.5 Å². The van der Waals surface area contributed by atoms with Crippen LogP contribution < -0.4 is 25.4 Å². The van der Waals surface area contributed by atoms with Crippen LogP contribution in [0.3, 0.4) is 0 Å². The fourth-order valence-electron chi connectivity index (χ4n) is 3.65. The molecule has 11 nitrogen and oxygen atoms in total. The van der Waals surface area contributed by atoms with Gasteiger partial charge in [0.25, 0.3) is 11.8 Å². The zero-order valence-corrected chi connectivity index (χ0v) is 18.7. The number of benzene rings is 1. The van der Waals surface area contributed by atoms with Crippen LogP contribution in [0.4, 0.5) is 0 Å². The van der Waals surface area contributed by atoms with Crippen LogP contribution in [0.25, 0.3) is 5.65 Å². The van der Waals surface area contributed by atoms with Crippen LogP contribution in [-0.2, 0) is 4.79 Å².